The van der Waals surface area contributed by atoms with Gasteiger partial charge >= 0.3 is 5.97 Å². The van der Waals surface area contributed by atoms with E-state index < -0.39 is 29.0 Å². The molecular weight excluding hydrogens is 392 g/mol. The lowest BCUT2D eigenvalue weighted by molar-refractivity contribution is 0.0698. The van der Waals surface area contributed by atoms with Crippen molar-refractivity contribution in [1.82, 2.24) is 0 Å². The number of rotatable bonds is 3. The lowest BCUT2D eigenvalue weighted by Crippen LogP contribution is -2.16. The summed E-state index contributed by atoms with van der Waals surface area (Å²) < 4.78 is 14.3. The number of carbonyl (C=O) groups is 2. The first-order valence-electron chi connectivity index (χ1n) is 5.72. The predicted molar refractivity (Wildman–Crippen MR) is 82.1 cm³/mol. The Morgan fingerprint density at radius 2 is 1.90 bits per heavy atom. The van der Waals surface area contributed by atoms with E-state index in [9.17, 15) is 19.1 Å². The third-order valence-corrected chi connectivity index (χ3v) is 3.35. The summed E-state index contributed by atoms with van der Waals surface area (Å²) in [4.78, 5) is 23.2. The van der Waals surface area contributed by atoms with Crippen molar-refractivity contribution in [2.45, 2.75) is 0 Å². The zero-order valence-electron chi connectivity index (χ0n) is 10.4. The normalized spacial score (nSPS) is 10.2. The largest absolute Gasteiger partial charge is 0.507 e. The van der Waals surface area contributed by atoms with Crippen LogP contribution in [0.15, 0.2) is 36.4 Å². The Hall–Kier alpha value is -2.16. The van der Waals surface area contributed by atoms with Crippen molar-refractivity contribution in [3.8, 4) is 5.75 Å². The third-order valence-electron chi connectivity index (χ3n) is 2.68. The second kappa shape index (κ2) is 6.08. The Morgan fingerprint density at radius 3 is 2.52 bits per heavy atom. The van der Waals surface area contributed by atoms with Crippen LogP contribution in [-0.2, 0) is 0 Å². The Labute approximate surface area is 132 Å². The topological polar surface area (TPSA) is 86.6 Å². The van der Waals surface area contributed by atoms with Crippen LogP contribution in [0, 0.1) is 9.39 Å². The van der Waals surface area contributed by atoms with Crippen LogP contribution < -0.4 is 5.32 Å². The first kappa shape index (κ1) is 15.2. The zero-order chi connectivity index (χ0) is 15.6. The molecule has 0 bridgehead atoms. The van der Waals surface area contributed by atoms with Crippen LogP contribution in [0.2, 0.25) is 0 Å². The van der Waals surface area contributed by atoms with Gasteiger partial charge in [0.15, 0.2) is 0 Å². The van der Waals surface area contributed by atoms with E-state index in [-0.39, 0.29) is 11.3 Å². The molecule has 7 heteroatoms. The molecule has 0 spiro atoms. The Balaban J connectivity index is 2.39. The standard InChI is InChI=1S/C14H9FINO4/c15-9-2-1-3-11(18)12(9)13(19)17-10-5-4-7(16)6-8(10)14(20)21/h1-6,18H,(H,17,19)(H,20,21). The predicted octanol–water partition coefficient (Wildman–Crippen LogP) is 3.09. The Kier molecular flexibility index (Phi) is 4.41. The molecule has 0 unspecified atom stereocenters. The van der Waals surface area contributed by atoms with Gasteiger partial charge in [0.25, 0.3) is 5.91 Å². The van der Waals surface area contributed by atoms with Gasteiger partial charge in [-0.25, -0.2) is 9.18 Å². The molecule has 0 saturated carbocycles. The quantitative estimate of drug-likeness (QED) is 0.691. The highest BCUT2D eigenvalue weighted by molar-refractivity contribution is 14.1. The van der Waals surface area contributed by atoms with Crippen LogP contribution in [0.25, 0.3) is 0 Å². The van der Waals surface area contributed by atoms with Crippen molar-refractivity contribution in [3.63, 3.8) is 0 Å². The molecule has 0 radical (unpaired) electrons. The number of aromatic hydroxyl groups is 1. The molecular formula is C14H9FINO4. The molecule has 108 valence electrons. The molecule has 1 amide bonds. The van der Waals surface area contributed by atoms with Crippen LogP contribution in [-0.4, -0.2) is 22.1 Å². The maximum Gasteiger partial charge on any atom is 0.337 e. The van der Waals surface area contributed by atoms with Gasteiger partial charge in [-0.3, -0.25) is 4.79 Å². The number of hydrogen-bond donors (Lipinski definition) is 3. The molecule has 3 N–H and O–H groups in total. The van der Waals surface area contributed by atoms with E-state index in [0.29, 0.717) is 3.57 Å². The van der Waals surface area contributed by atoms with Crippen molar-refractivity contribution in [2.24, 2.45) is 0 Å². The molecule has 0 aliphatic carbocycles. The molecule has 0 atom stereocenters. The van der Waals surface area contributed by atoms with Gasteiger partial charge in [0, 0.05) is 3.57 Å². The van der Waals surface area contributed by atoms with Crippen LogP contribution in [0.5, 0.6) is 5.75 Å². The highest BCUT2D eigenvalue weighted by Crippen LogP contribution is 2.24. The van der Waals surface area contributed by atoms with Gasteiger partial charge in [-0.05, 0) is 52.9 Å². The molecule has 0 heterocycles. The van der Waals surface area contributed by atoms with Crippen LogP contribution in [0.3, 0.4) is 0 Å². The van der Waals surface area contributed by atoms with Gasteiger partial charge in [-0.15, -0.1) is 0 Å². The minimum Gasteiger partial charge on any atom is -0.507 e. The molecule has 0 aromatic heterocycles. The average molecular weight is 401 g/mol. The number of carbonyl (C=O) groups excluding carboxylic acids is 1. The number of nitrogens with one attached hydrogen (secondary N) is 1. The highest BCUT2D eigenvalue weighted by Gasteiger charge is 2.19. The van der Waals surface area contributed by atoms with E-state index >= 15 is 0 Å². The van der Waals surface area contributed by atoms with Crippen LogP contribution in [0.4, 0.5) is 10.1 Å². The van der Waals surface area contributed by atoms with Crippen LogP contribution >= 0.6 is 22.6 Å². The fourth-order valence-corrected chi connectivity index (χ4v) is 2.22. The van der Waals surface area contributed by atoms with E-state index in [2.05, 4.69) is 5.32 Å². The number of aromatic carboxylic acids is 1. The van der Waals surface area contributed by atoms with Crippen molar-refractivity contribution in [2.75, 3.05) is 5.32 Å². The summed E-state index contributed by atoms with van der Waals surface area (Å²) in [6.07, 6.45) is 0. The number of phenols is 1. The van der Waals surface area contributed by atoms with Crippen molar-refractivity contribution in [3.05, 3.63) is 56.9 Å². The summed E-state index contributed by atoms with van der Waals surface area (Å²) >= 11 is 1.94. The van der Waals surface area contributed by atoms with Gasteiger partial charge in [-0.2, -0.15) is 0 Å². The van der Waals surface area contributed by atoms with E-state index in [4.69, 9.17) is 5.11 Å². The fraction of sp³-hybridized carbons (Fsp3) is 0. The molecule has 0 fully saturated rings. The second-order valence-corrected chi connectivity index (χ2v) is 5.33. The summed E-state index contributed by atoms with van der Waals surface area (Å²) in [5.74, 6) is -3.55. The van der Waals surface area contributed by atoms with Gasteiger partial charge in [0.05, 0.1) is 11.3 Å². The lowest BCUT2D eigenvalue weighted by atomic mass is 10.1. The SMILES string of the molecule is O=C(O)c1cc(I)ccc1NC(=O)c1c(O)cccc1F. The monoisotopic (exact) mass is 401 g/mol. The number of carboxylic acids is 1. The highest BCUT2D eigenvalue weighted by atomic mass is 127. The average Bonchev–Trinajstić information content (AvgIpc) is 2.40. The van der Waals surface area contributed by atoms with Crippen molar-refractivity contribution < 1.29 is 24.2 Å². The number of anilines is 1. The first-order chi connectivity index (χ1) is 9.90. The van der Waals surface area contributed by atoms with Crippen molar-refractivity contribution >= 4 is 40.2 Å². The summed E-state index contributed by atoms with van der Waals surface area (Å²) in [6, 6.07) is 7.84. The number of phenolic OH excluding ortho intramolecular Hbond substituents is 1. The molecule has 21 heavy (non-hydrogen) atoms. The third kappa shape index (κ3) is 3.30. The Bertz CT molecular complexity index is 713. The van der Waals surface area contributed by atoms with Gasteiger partial charge in [0.2, 0.25) is 0 Å². The minimum atomic E-state index is -1.22. The molecule has 0 saturated heterocycles. The summed E-state index contributed by atoms with van der Waals surface area (Å²) in [5.41, 5.74) is -0.631. The molecule has 2 aromatic rings. The fourth-order valence-electron chi connectivity index (χ4n) is 1.72. The summed E-state index contributed by atoms with van der Waals surface area (Å²) in [5, 5.41) is 20.9. The first-order valence-corrected chi connectivity index (χ1v) is 6.79. The van der Waals surface area contributed by atoms with Crippen molar-refractivity contribution in [1.29, 1.82) is 0 Å². The molecule has 2 rings (SSSR count). The van der Waals surface area contributed by atoms with Crippen LogP contribution in [0.1, 0.15) is 20.7 Å². The number of benzene rings is 2. The number of carboxylic acid groups (broad SMARTS) is 1. The number of halogens is 2. The van der Waals surface area contributed by atoms with E-state index in [1.807, 2.05) is 22.6 Å². The molecule has 5 nitrogen and oxygen atoms in total. The van der Waals surface area contributed by atoms with E-state index in [1.165, 1.54) is 24.3 Å². The smallest absolute Gasteiger partial charge is 0.337 e. The lowest BCUT2D eigenvalue weighted by Gasteiger charge is -2.10. The van der Waals surface area contributed by atoms with E-state index in [1.54, 1.807) is 6.07 Å². The summed E-state index contributed by atoms with van der Waals surface area (Å²) in [7, 11) is 0. The Morgan fingerprint density at radius 1 is 1.19 bits per heavy atom. The molecule has 2 aromatic carbocycles. The van der Waals surface area contributed by atoms with Gasteiger partial charge < -0.3 is 15.5 Å². The maximum absolute atomic E-state index is 13.6. The summed E-state index contributed by atoms with van der Waals surface area (Å²) in [6.45, 7) is 0. The van der Waals surface area contributed by atoms with E-state index in [0.717, 1.165) is 6.07 Å². The maximum atomic E-state index is 13.6. The minimum absolute atomic E-state index is 0.0237. The zero-order valence-corrected chi connectivity index (χ0v) is 12.6. The molecule has 0 aliphatic rings. The van der Waals surface area contributed by atoms with Gasteiger partial charge in [-0.1, -0.05) is 6.07 Å². The number of amides is 1. The number of hydrogen-bond acceptors (Lipinski definition) is 3. The second-order valence-electron chi connectivity index (χ2n) is 4.08. The van der Waals surface area contributed by atoms with Gasteiger partial charge in [0.1, 0.15) is 17.1 Å². The molecule has 0 aliphatic heterocycles.